The summed E-state index contributed by atoms with van der Waals surface area (Å²) in [5.74, 6) is -1.01. The summed E-state index contributed by atoms with van der Waals surface area (Å²) in [4.78, 5) is 48.1. The van der Waals surface area contributed by atoms with Crippen LogP contribution in [0.25, 0.3) is 17.3 Å². The third kappa shape index (κ3) is 8.39. The maximum atomic E-state index is 13.3. The van der Waals surface area contributed by atoms with Crippen LogP contribution < -0.4 is 16.0 Å². The van der Waals surface area contributed by atoms with Crippen LogP contribution in [-0.2, 0) is 9.59 Å². The molecule has 3 aromatic carbocycles. The van der Waals surface area contributed by atoms with Crippen molar-refractivity contribution in [3.05, 3.63) is 131 Å². The quantitative estimate of drug-likeness (QED) is 0.114. The average Bonchev–Trinajstić information content (AvgIpc) is 3.49. The molecule has 214 valence electrons. The summed E-state index contributed by atoms with van der Waals surface area (Å²) in [6, 6.07) is 26.7. The summed E-state index contributed by atoms with van der Waals surface area (Å²) < 4.78 is 0. The van der Waals surface area contributed by atoms with Gasteiger partial charge in [0.25, 0.3) is 11.8 Å². The summed E-state index contributed by atoms with van der Waals surface area (Å²) in [6.45, 7) is 0. The zero-order chi connectivity index (χ0) is 30.0. The van der Waals surface area contributed by atoms with Gasteiger partial charge in [0.15, 0.2) is 5.13 Å². The largest absolute Gasteiger partial charge is 0.321 e. The number of carbonyl (C=O) groups is 3. The van der Waals surface area contributed by atoms with Gasteiger partial charge < -0.3 is 16.0 Å². The summed E-state index contributed by atoms with van der Waals surface area (Å²) in [5.41, 5.74) is 3.12. The summed E-state index contributed by atoms with van der Waals surface area (Å²) in [7, 11) is 0. The molecule has 5 rings (SSSR count). The molecule has 0 saturated carbocycles. The van der Waals surface area contributed by atoms with Crippen LogP contribution in [0.2, 0.25) is 5.02 Å². The molecule has 8 nitrogen and oxygen atoms in total. The summed E-state index contributed by atoms with van der Waals surface area (Å²) >= 11 is 8.89. The fourth-order valence-electron chi connectivity index (χ4n) is 3.86. The van der Waals surface area contributed by atoms with E-state index in [9.17, 15) is 14.4 Å². The number of pyridine rings is 1. The van der Waals surface area contributed by atoms with E-state index in [4.69, 9.17) is 11.6 Å². The first kappa shape index (κ1) is 29.7. The van der Waals surface area contributed by atoms with Crippen molar-refractivity contribution in [2.45, 2.75) is 4.90 Å². The molecule has 0 aliphatic rings. The van der Waals surface area contributed by atoms with Crippen molar-refractivity contribution in [2.75, 3.05) is 16.4 Å². The second-order valence-electron chi connectivity index (χ2n) is 9.00. The van der Waals surface area contributed by atoms with Crippen molar-refractivity contribution in [1.82, 2.24) is 15.3 Å². The molecule has 5 aromatic rings. The first-order valence-electron chi connectivity index (χ1n) is 13.0. The lowest BCUT2D eigenvalue weighted by Gasteiger charge is -2.12. The lowest BCUT2D eigenvalue weighted by Crippen LogP contribution is -2.30. The standard InChI is InChI=1S/C32H24ClN5O3S2/c33-26-14-5-4-13-25(26)28-19-43-32(37-28)38-29(39)20-42-24-12-6-11-23(17-24)35-31(41)27(16-21-8-7-15-34-18-21)36-30(40)22-9-2-1-3-10-22/h1-19H,20H2,(H,35,41)(H,36,40)(H,37,38,39)/b27-16-. The normalized spacial score (nSPS) is 11.0. The number of hydrogen-bond acceptors (Lipinski definition) is 7. The highest BCUT2D eigenvalue weighted by Gasteiger charge is 2.16. The van der Waals surface area contributed by atoms with Crippen LogP contribution in [0.15, 0.2) is 119 Å². The molecule has 0 radical (unpaired) electrons. The topological polar surface area (TPSA) is 113 Å². The molecule has 0 fully saturated rings. The van der Waals surface area contributed by atoms with Gasteiger partial charge in [-0.2, -0.15) is 0 Å². The minimum Gasteiger partial charge on any atom is -0.321 e. The SMILES string of the molecule is O=C(CSc1cccc(NC(=O)/C(=C/c2cccnc2)NC(=O)c2ccccc2)c1)Nc1nc(-c2ccccc2Cl)cs1. The Morgan fingerprint density at radius 3 is 2.51 bits per heavy atom. The van der Waals surface area contributed by atoms with Crippen molar-refractivity contribution in [1.29, 1.82) is 0 Å². The van der Waals surface area contributed by atoms with E-state index < -0.39 is 11.8 Å². The number of aromatic nitrogens is 2. The number of thiazole rings is 1. The van der Waals surface area contributed by atoms with Crippen molar-refractivity contribution in [2.24, 2.45) is 0 Å². The summed E-state index contributed by atoms with van der Waals surface area (Å²) in [6.07, 6.45) is 4.77. The van der Waals surface area contributed by atoms with E-state index >= 15 is 0 Å². The molecule has 0 saturated heterocycles. The fourth-order valence-corrected chi connectivity index (χ4v) is 5.57. The van der Waals surface area contributed by atoms with Gasteiger partial charge >= 0.3 is 0 Å². The predicted molar refractivity (Wildman–Crippen MR) is 173 cm³/mol. The molecule has 0 atom stereocenters. The van der Waals surface area contributed by atoms with Crippen LogP contribution in [0, 0.1) is 0 Å². The first-order valence-corrected chi connectivity index (χ1v) is 15.2. The van der Waals surface area contributed by atoms with Crippen LogP contribution in [0.3, 0.4) is 0 Å². The number of benzene rings is 3. The maximum Gasteiger partial charge on any atom is 0.272 e. The molecule has 3 amide bonds. The Morgan fingerprint density at radius 1 is 0.907 bits per heavy atom. The lowest BCUT2D eigenvalue weighted by atomic mass is 10.2. The Morgan fingerprint density at radius 2 is 1.72 bits per heavy atom. The first-order chi connectivity index (χ1) is 20.9. The predicted octanol–water partition coefficient (Wildman–Crippen LogP) is 7.00. The van der Waals surface area contributed by atoms with Gasteiger partial charge in [-0.25, -0.2) is 4.98 Å². The molecule has 2 heterocycles. The molecule has 0 aliphatic carbocycles. The van der Waals surface area contributed by atoms with Gasteiger partial charge in [-0.1, -0.05) is 60.1 Å². The molecule has 0 unspecified atom stereocenters. The molecule has 0 bridgehead atoms. The molecule has 0 spiro atoms. The van der Waals surface area contributed by atoms with Gasteiger partial charge in [0.1, 0.15) is 5.70 Å². The second-order valence-corrected chi connectivity index (χ2v) is 11.3. The third-order valence-corrected chi connectivity index (χ3v) is 7.97. The van der Waals surface area contributed by atoms with Crippen LogP contribution in [0.1, 0.15) is 15.9 Å². The Kier molecular flexibility index (Phi) is 9.96. The molecule has 0 aliphatic heterocycles. The van der Waals surface area contributed by atoms with Crippen molar-refractivity contribution in [3.8, 4) is 11.3 Å². The number of rotatable bonds is 10. The highest BCUT2D eigenvalue weighted by molar-refractivity contribution is 8.00. The number of amides is 3. The number of thioether (sulfide) groups is 1. The van der Waals surface area contributed by atoms with Crippen LogP contribution in [0.5, 0.6) is 0 Å². The zero-order valence-electron chi connectivity index (χ0n) is 22.5. The molecule has 11 heteroatoms. The van der Waals surface area contributed by atoms with Crippen molar-refractivity contribution in [3.63, 3.8) is 0 Å². The van der Waals surface area contributed by atoms with Crippen LogP contribution in [0.4, 0.5) is 10.8 Å². The van der Waals surface area contributed by atoms with Gasteiger partial charge in [-0.05, 0) is 54.1 Å². The monoisotopic (exact) mass is 625 g/mol. The van der Waals surface area contributed by atoms with Crippen molar-refractivity contribution >= 4 is 69.3 Å². The fraction of sp³-hybridized carbons (Fsp3) is 0.0312. The maximum absolute atomic E-state index is 13.3. The minimum atomic E-state index is -0.508. The third-order valence-electron chi connectivity index (χ3n) is 5.89. The van der Waals surface area contributed by atoms with E-state index in [0.717, 1.165) is 10.5 Å². The Hall–Kier alpha value is -4.77. The zero-order valence-corrected chi connectivity index (χ0v) is 24.9. The van der Waals surface area contributed by atoms with Crippen LogP contribution >= 0.6 is 34.7 Å². The lowest BCUT2D eigenvalue weighted by molar-refractivity contribution is -0.114. The molecule has 43 heavy (non-hydrogen) atoms. The van der Waals surface area contributed by atoms with E-state index in [1.165, 1.54) is 23.1 Å². The number of carbonyl (C=O) groups excluding carboxylic acids is 3. The highest BCUT2D eigenvalue weighted by Crippen LogP contribution is 2.30. The molecular weight excluding hydrogens is 602 g/mol. The number of nitrogens with zero attached hydrogens (tertiary/aromatic N) is 2. The molecular formula is C32H24ClN5O3S2. The Bertz CT molecular complexity index is 1780. The number of anilines is 2. The number of nitrogens with one attached hydrogen (secondary N) is 3. The van der Waals surface area contributed by atoms with Gasteiger partial charge in [0.05, 0.1) is 11.4 Å². The van der Waals surface area contributed by atoms with Gasteiger partial charge in [-0.15, -0.1) is 23.1 Å². The van der Waals surface area contributed by atoms with E-state index in [-0.39, 0.29) is 17.4 Å². The smallest absolute Gasteiger partial charge is 0.272 e. The van der Waals surface area contributed by atoms with Crippen LogP contribution in [-0.4, -0.2) is 33.4 Å². The molecule has 3 N–H and O–H groups in total. The highest BCUT2D eigenvalue weighted by atomic mass is 35.5. The van der Waals surface area contributed by atoms with Gasteiger partial charge in [0, 0.05) is 44.5 Å². The van der Waals surface area contributed by atoms with E-state index in [1.54, 1.807) is 79.1 Å². The van der Waals surface area contributed by atoms with E-state index in [2.05, 4.69) is 25.9 Å². The number of hydrogen-bond donors (Lipinski definition) is 3. The minimum absolute atomic E-state index is 0.0545. The van der Waals surface area contributed by atoms with E-state index in [0.29, 0.717) is 32.7 Å². The van der Waals surface area contributed by atoms with Gasteiger partial charge in [-0.3, -0.25) is 19.4 Å². The average molecular weight is 626 g/mol. The number of halogens is 1. The van der Waals surface area contributed by atoms with Gasteiger partial charge in [0.2, 0.25) is 5.91 Å². The van der Waals surface area contributed by atoms with Crippen molar-refractivity contribution < 1.29 is 14.4 Å². The van der Waals surface area contributed by atoms with E-state index in [1.807, 2.05) is 35.7 Å². The Labute approximate surface area is 261 Å². The second kappa shape index (κ2) is 14.4. The summed E-state index contributed by atoms with van der Waals surface area (Å²) in [5, 5.41) is 11.3. The Balaban J connectivity index is 1.21. The molecule has 2 aromatic heterocycles.